The highest BCUT2D eigenvalue weighted by Gasteiger charge is 2.16. The zero-order valence-electron chi connectivity index (χ0n) is 8.79. The summed E-state index contributed by atoms with van der Waals surface area (Å²) in [5.74, 6) is -1.02. The first-order valence-corrected chi connectivity index (χ1v) is 4.93. The molecule has 0 aliphatic carbocycles. The zero-order chi connectivity index (χ0) is 11.5. The van der Waals surface area contributed by atoms with E-state index in [2.05, 4.69) is 10.1 Å². The number of aromatic carboxylic acids is 1. The molecular weight excluding hydrogens is 206 g/mol. The van der Waals surface area contributed by atoms with E-state index < -0.39 is 5.97 Å². The normalized spacial score (nSPS) is 10.3. The topological polar surface area (TPSA) is 68.0 Å². The van der Waals surface area contributed by atoms with Crippen molar-refractivity contribution in [3.8, 4) is 11.1 Å². The monoisotopic (exact) mass is 217 g/mol. The van der Waals surface area contributed by atoms with Crippen molar-refractivity contribution in [2.45, 2.75) is 13.5 Å². The van der Waals surface area contributed by atoms with Crippen LogP contribution in [0.4, 0.5) is 0 Å². The van der Waals surface area contributed by atoms with Gasteiger partial charge in [-0.25, -0.2) is 4.79 Å². The quantitative estimate of drug-likeness (QED) is 0.849. The summed E-state index contributed by atoms with van der Waals surface area (Å²) in [6.07, 6.45) is 5.00. The molecule has 2 aromatic rings. The van der Waals surface area contributed by atoms with E-state index in [0.717, 1.165) is 5.56 Å². The van der Waals surface area contributed by atoms with E-state index in [1.165, 1.54) is 0 Å². The molecule has 0 fully saturated rings. The first-order valence-electron chi connectivity index (χ1n) is 4.93. The first kappa shape index (κ1) is 10.4. The maximum atomic E-state index is 11.0. The molecule has 0 radical (unpaired) electrons. The Morgan fingerprint density at radius 1 is 1.56 bits per heavy atom. The maximum absolute atomic E-state index is 11.0. The predicted molar refractivity (Wildman–Crippen MR) is 58.1 cm³/mol. The largest absolute Gasteiger partial charge is 0.476 e. The lowest BCUT2D eigenvalue weighted by molar-refractivity contribution is 0.0690. The van der Waals surface area contributed by atoms with Crippen LogP contribution in [0.15, 0.2) is 30.7 Å². The third kappa shape index (κ3) is 1.79. The third-order valence-electron chi connectivity index (χ3n) is 2.26. The van der Waals surface area contributed by atoms with Crippen LogP contribution in [0.1, 0.15) is 17.4 Å². The fourth-order valence-electron chi connectivity index (χ4n) is 1.47. The zero-order valence-corrected chi connectivity index (χ0v) is 8.79. The summed E-state index contributed by atoms with van der Waals surface area (Å²) >= 11 is 0. The minimum Gasteiger partial charge on any atom is -0.476 e. The van der Waals surface area contributed by atoms with Gasteiger partial charge < -0.3 is 5.11 Å². The van der Waals surface area contributed by atoms with E-state index in [1.54, 1.807) is 29.3 Å². The molecule has 0 aliphatic rings. The second-order valence-electron chi connectivity index (χ2n) is 3.29. The van der Waals surface area contributed by atoms with Gasteiger partial charge in [0, 0.05) is 36.3 Å². The number of hydrogen-bond donors (Lipinski definition) is 1. The van der Waals surface area contributed by atoms with Gasteiger partial charge in [0.2, 0.25) is 0 Å². The van der Waals surface area contributed by atoms with E-state index >= 15 is 0 Å². The molecular formula is C11H11N3O2. The molecule has 2 heterocycles. The summed E-state index contributed by atoms with van der Waals surface area (Å²) in [4.78, 5) is 15.0. The van der Waals surface area contributed by atoms with Crippen LogP contribution >= 0.6 is 0 Å². The second kappa shape index (κ2) is 4.14. The van der Waals surface area contributed by atoms with Crippen molar-refractivity contribution in [3.05, 3.63) is 36.4 Å². The molecule has 1 N–H and O–H groups in total. The number of carboxylic acid groups (broad SMARTS) is 1. The molecule has 5 nitrogen and oxygen atoms in total. The van der Waals surface area contributed by atoms with Crippen LogP contribution in [0.25, 0.3) is 11.1 Å². The van der Waals surface area contributed by atoms with Gasteiger partial charge in [0.25, 0.3) is 0 Å². The summed E-state index contributed by atoms with van der Waals surface area (Å²) < 4.78 is 1.60. The molecule has 0 amide bonds. The Balaban J connectivity index is 2.55. The Labute approximate surface area is 92.4 Å². The number of pyridine rings is 1. The Morgan fingerprint density at radius 3 is 2.94 bits per heavy atom. The number of carbonyl (C=O) groups is 1. The fraction of sp³-hybridized carbons (Fsp3) is 0.182. The number of rotatable bonds is 3. The minimum absolute atomic E-state index is 0.0647. The number of nitrogens with zero attached hydrogens (tertiary/aromatic N) is 3. The van der Waals surface area contributed by atoms with Gasteiger partial charge in [-0.15, -0.1) is 0 Å². The van der Waals surface area contributed by atoms with Crippen LogP contribution in [-0.4, -0.2) is 25.8 Å². The Kier molecular flexibility index (Phi) is 2.68. The molecule has 2 aromatic heterocycles. The van der Waals surface area contributed by atoms with Crippen molar-refractivity contribution in [3.63, 3.8) is 0 Å². The highest BCUT2D eigenvalue weighted by Crippen LogP contribution is 2.21. The molecule has 0 atom stereocenters. The van der Waals surface area contributed by atoms with Gasteiger partial charge in [0.1, 0.15) is 0 Å². The molecule has 16 heavy (non-hydrogen) atoms. The van der Waals surface area contributed by atoms with Crippen LogP contribution in [0, 0.1) is 0 Å². The van der Waals surface area contributed by atoms with Crippen molar-refractivity contribution < 1.29 is 9.90 Å². The summed E-state index contributed by atoms with van der Waals surface area (Å²) in [5, 5.41) is 13.0. The molecule has 5 heteroatoms. The Hall–Kier alpha value is -2.17. The van der Waals surface area contributed by atoms with E-state index in [-0.39, 0.29) is 5.69 Å². The lowest BCUT2D eigenvalue weighted by Crippen LogP contribution is -2.01. The summed E-state index contributed by atoms with van der Waals surface area (Å²) in [7, 11) is 0. The first-order chi connectivity index (χ1) is 7.72. The van der Waals surface area contributed by atoms with E-state index in [0.29, 0.717) is 12.1 Å². The molecule has 0 saturated carbocycles. The average Bonchev–Trinajstić information content (AvgIpc) is 2.74. The molecule has 0 saturated heterocycles. The molecule has 0 unspecified atom stereocenters. The fourth-order valence-corrected chi connectivity index (χ4v) is 1.47. The lowest BCUT2D eigenvalue weighted by Gasteiger charge is -1.96. The molecule has 82 valence electrons. The van der Waals surface area contributed by atoms with Gasteiger partial charge in [-0.05, 0) is 13.0 Å². The van der Waals surface area contributed by atoms with E-state index in [9.17, 15) is 4.79 Å². The number of hydrogen-bond acceptors (Lipinski definition) is 3. The minimum atomic E-state index is -1.02. The van der Waals surface area contributed by atoms with Crippen LogP contribution in [0.3, 0.4) is 0 Å². The standard InChI is InChI=1S/C11H11N3O2/c1-2-14-7-9(10(13-14)11(15)16)8-4-3-5-12-6-8/h3-7H,2H2,1H3,(H,15,16). The molecule has 2 rings (SSSR count). The number of carboxylic acids is 1. The Morgan fingerprint density at radius 2 is 2.38 bits per heavy atom. The van der Waals surface area contributed by atoms with Crippen molar-refractivity contribution in [2.75, 3.05) is 0 Å². The molecule has 0 aliphatic heterocycles. The van der Waals surface area contributed by atoms with E-state index in [1.807, 2.05) is 13.0 Å². The molecule has 0 spiro atoms. The van der Waals surface area contributed by atoms with Gasteiger partial charge in [0.05, 0.1) is 0 Å². The molecule has 0 aromatic carbocycles. The van der Waals surface area contributed by atoms with Crippen LogP contribution < -0.4 is 0 Å². The van der Waals surface area contributed by atoms with Crippen molar-refractivity contribution in [1.82, 2.24) is 14.8 Å². The van der Waals surface area contributed by atoms with E-state index in [4.69, 9.17) is 5.11 Å². The highest BCUT2D eigenvalue weighted by atomic mass is 16.4. The van der Waals surface area contributed by atoms with Gasteiger partial charge in [-0.1, -0.05) is 6.07 Å². The lowest BCUT2D eigenvalue weighted by atomic mass is 10.1. The van der Waals surface area contributed by atoms with Gasteiger partial charge in [0.15, 0.2) is 5.69 Å². The van der Waals surface area contributed by atoms with Gasteiger partial charge >= 0.3 is 5.97 Å². The predicted octanol–water partition coefficient (Wildman–Crippen LogP) is 1.66. The smallest absolute Gasteiger partial charge is 0.357 e. The highest BCUT2D eigenvalue weighted by molar-refractivity contribution is 5.93. The van der Waals surface area contributed by atoms with Crippen LogP contribution in [-0.2, 0) is 6.54 Å². The maximum Gasteiger partial charge on any atom is 0.357 e. The number of aryl methyl sites for hydroxylation is 1. The van der Waals surface area contributed by atoms with Crippen molar-refractivity contribution in [2.24, 2.45) is 0 Å². The van der Waals surface area contributed by atoms with Crippen molar-refractivity contribution >= 4 is 5.97 Å². The summed E-state index contributed by atoms with van der Waals surface area (Å²) in [6.45, 7) is 2.55. The average molecular weight is 217 g/mol. The third-order valence-corrected chi connectivity index (χ3v) is 2.26. The summed E-state index contributed by atoms with van der Waals surface area (Å²) in [5.41, 5.74) is 1.43. The molecule has 0 bridgehead atoms. The SMILES string of the molecule is CCn1cc(-c2cccnc2)c(C(=O)O)n1. The number of aromatic nitrogens is 3. The van der Waals surface area contributed by atoms with Gasteiger partial charge in [-0.3, -0.25) is 9.67 Å². The summed E-state index contributed by atoms with van der Waals surface area (Å²) in [6, 6.07) is 3.58. The van der Waals surface area contributed by atoms with Gasteiger partial charge in [-0.2, -0.15) is 5.10 Å². The van der Waals surface area contributed by atoms with Crippen LogP contribution in [0.5, 0.6) is 0 Å². The second-order valence-corrected chi connectivity index (χ2v) is 3.29. The Bertz CT molecular complexity index is 505. The van der Waals surface area contributed by atoms with Crippen molar-refractivity contribution in [1.29, 1.82) is 0 Å². The van der Waals surface area contributed by atoms with Crippen LogP contribution in [0.2, 0.25) is 0 Å².